The average molecular weight is 565 g/mol. The zero-order valence-corrected chi connectivity index (χ0v) is 25.3. The molecular weight excluding hydrogens is 524 g/mol. The molecule has 0 atom stereocenters. The molecular formula is C36H40N2O4. The highest BCUT2D eigenvalue weighted by molar-refractivity contribution is 6.44. The maximum Gasteiger partial charge on any atom is 0.314 e. The van der Waals surface area contributed by atoms with Gasteiger partial charge in [-0.1, -0.05) is 100 Å². The SMILES string of the molecule is CCOc1ccc(C(C)(C)c2ccccc2)cc1NC(=O)C(=O)Nc1cc(C(C)(C)c2ccccc2)ccc1OCC. The molecule has 0 aromatic heterocycles. The molecule has 0 saturated carbocycles. The number of nitrogens with one attached hydrogen (secondary N) is 2. The maximum atomic E-state index is 13.3. The molecule has 4 rings (SSSR count). The first-order valence-corrected chi connectivity index (χ1v) is 14.4. The highest BCUT2D eigenvalue weighted by Gasteiger charge is 2.27. The Morgan fingerprint density at radius 3 is 1.24 bits per heavy atom. The third-order valence-corrected chi connectivity index (χ3v) is 7.70. The Bertz CT molecular complexity index is 1410. The fraction of sp³-hybridized carbons (Fsp3) is 0.278. The van der Waals surface area contributed by atoms with Crippen LogP contribution >= 0.6 is 0 Å². The van der Waals surface area contributed by atoms with E-state index in [-0.39, 0.29) is 10.8 Å². The van der Waals surface area contributed by atoms with Crippen LogP contribution in [0, 0.1) is 0 Å². The highest BCUT2D eigenvalue weighted by atomic mass is 16.5. The van der Waals surface area contributed by atoms with Gasteiger partial charge in [-0.2, -0.15) is 0 Å². The van der Waals surface area contributed by atoms with Gasteiger partial charge in [-0.3, -0.25) is 9.59 Å². The Balaban J connectivity index is 1.61. The van der Waals surface area contributed by atoms with Crippen LogP contribution in [0.1, 0.15) is 63.8 Å². The Morgan fingerprint density at radius 2 is 0.905 bits per heavy atom. The summed E-state index contributed by atoms with van der Waals surface area (Å²) >= 11 is 0. The summed E-state index contributed by atoms with van der Waals surface area (Å²) in [6.07, 6.45) is 0. The van der Waals surface area contributed by atoms with E-state index < -0.39 is 11.8 Å². The second kappa shape index (κ2) is 12.9. The van der Waals surface area contributed by atoms with E-state index in [0.717, 1.165) is 22.3 Å². The second-order valence-electron chi connectivity index (χ2n) is 11.2. The minimum Gasteiger partial charge on any atom is -0.492 e. The molecule has 0 aliphatic rings. The van der Waals surface area contributed by atoms with Crippen LogP contribution in [0.25, 0.3) is 0 Å². The summed E-state index contributed by atoms with van der Waals surface area (Å²) in [6.45, 7) is 13.1. The number of rotatable bonds is 10. The Kier molecular flexibility index (Phi) is 9.36. The number of hydrogen-bond donors (Lipinski definition) is 2. The fourth-order valence-corrected chi connectivity index (χ4v) is 5.00. The van der Waals surface area contributed by atoms with E-state index in [4.69, 9.17) is 9.47 Å². The van der Waals surface area contributed by atoms with E-state index in [1.165, 1.54) is 0 Å². The van der Waals surface area contributed by atoms with Gasteiger partial charge in [0.2, 0.25) is 0 Å². The molecule has 2 amide bonds. The molecule has 6 nitrogen and oxygen atoms in total. The van der Waals surface area contributed by atoms with Gasteiger partial charge in [0.15, 0.2) is 0 Å². The van der Waals surface area contributed by atoms with E-state index in [9.17, 15) is 9.59 Å². The number of ether oxygens (including phenoxy) is 2. The summed E-state index contributed by atoms with van der Waals surface area (Å²) in [5.74, 6) is -0.623. The van der Waals surface area contributed by atoms with Crippen LogP contribution in [0.4, 0.5) is 11.4 Å². The number of amides is 2. The second-order valence-corrected chi connectivity index (χ2v) is 11.2. The fourth-order valence-electron chi connectivity index (χ4n) is 5.00. The lowest BCUT2D eigenvalue weighted by Gasteiger charge is -2.27. The van der Waals surface area contributed by atoms with Crippen molar-refractivity contribution in [3.63, 3.8) is 0 Å². The maximum absolute atomic E-state index is 13.3. The zero-order valence-electron chi connectivity index (χ0n) is 25.3. The molecule has 0 aliphatic heterocycles. The molecule has 218 valence electrons. The van der Waals surface area contributed by atoms with E-state index in [2.05, 4.69) is 62.6 Å². The van der Waals surface area contributed by atoms with Gasteiger partial charge in [-0.05, 0) is 60.4 Å². The lowest BCUT2D eigenvalue weighted by molar-refractivity contribution is -0.133. The summed E-state index contributed by atoms with van der Waals surface area (Å²) in [5.41, 5.74) is 4.39. The van der Waals surface area contributed by atoms with Crippen LogP contribution in [0.5, 0.6) is 11.5 Å². The quantitative estimate of drug-likeness (QED) is 0.193. The van der Waals surface area contributed by atoms with Crippen molar-refractivity contribution < 1.29 is 19.1 Å². The van der Waals surface area contributed by atoms with Crippen molar-refractivity contribution in [2.24, 2.45) is 0 Å². The smallest absolute Gasteiger partial charge is 0.314 e. The molecule has 2 N–H and O–H groups in total. The molecule has 0 unspecified atom stereocenters. The minimum atomic E-state index is -0.805. The molecule has 0 fully saturated rings. The predicted molar refractivity (Wildman–Crippen MR) is 170 cm³/mol. The molecule has 4 aromatic rings. The lowest BCUT2D eigenvalue weighted by Crippen LogP contribution is -2.30. The van der Waals surface area contributed by atoms with E-state index >= 15 is 0 Å². The average Bonchev–Trinajstić information content (AvgIpc) is 2.99. The van der Waals surface area contributed by atoms with E-state index in [0.29, 0.717) is 36.1 Å². The van der Waals surface area contributed by atoms with Gasteiger partial charge in [0.25, 0.3) is 0 Å². The standard InChI is InChI=1S/C36H40N2O4/c1-7-41-31-21-19-27(35(3,4)25-15-11-9-12-16-25)23-29(31)37-33(39)34(40)38-30-24-28(20-22-32(30)42-8-2)36(5,6)26-17-13-10-14-18-26/h9-24H,7-8H2,1-6H3,(H,37,39)(H,38,40). The topological polar surface area (TPSA) is 76.7 Å². The van der Waals surface area contributed by atoms with Crippen LogP contribution in [-0.2, 0) is 20.4 Å². The van der Waals surface area contributed by atoms with Crippen molar-refractivity contribution in [2.45, 2.75) is 52.4 Å². The molecule has 0 aliphatic carbocycles. The van der Waals surface area contributed by atoms with Gasteiger partial charge in [-0.25, -0.2) is 0 Å². The molecule has 42 heavy (non-hydrogen) atoms. The molecule has 0 radical (unpaired) electrons. The summed E-state index contributed by atoms with van der Waals surface area (Å²) in [5, 5.41) is 5.57. The lowest BCUT2D eigenvalue weighted by atomic mass is 9.78. The van der Waals surface area contributed by atoms with Crippen molar-refractivity contribution >= 4 is 23.2 Å². The first-order chi connectivity index (χ1) is 20.1. The molecule has 4 aromatic carbocycles. The van der Waals surface area contributed by atoms with Crippen LogP contribution in [-0.4, -0.2) is 25.0 Å². The van der Waals surface area contributed by atoms with Crippen LogP contribution in [0.3, 0.4) is 0 Å². The third kappa shape index (κ3) is 6.65. The predicted octanol–water partition coefficient (Wildman–Crippen LogP) is 7.71. The Labute approximate surface area is 249 Å². The summed E-state index contributed by atoms with van der Waals surface area (Å²) < 4.78 is 11.6. The summed E-state index contributed by atoms with van der Waals surface area (Å²) in [6, 6.07) is 31.7. The zero-order chi connectivity index (χ0) is 30.3. The van der Waals surface area contributed by atoms with Crippen LogP contribution in [0.15, 0.2) is 97.1 Å². The van der Waals surface area contributed by atoms with Crippen molar-refractivity contribution in [1.29, 1.82) is 0 Å². The number of hydrogen-bond acceptors (Lipinski definition) is 4. The Hall–Kier alpha value is -4.58. The largest absolute Gasteiger partial charge is 0.492 e. The normalized spacial score (nSPS) is 11.5. The number of carbonyl (C=O) groups excluding carboxylic acids is 2. The molecule has 6 heteroatoms. The summed E-state index contributed by atoms with van der Waals surface area (Å²) in [4.78, 5) is 26.5. The van der Waals surface area contributed by atoms with E-state index in [1.54, 1.807) is 0 Å². The first-order valence-electron chi connectivity index (χ1n) is 14.4. The van der Waals surface area contributed by atoms with Crippen molar-refractivity contribution in [3.05, 3.63) is 119 Å². The number of benzene rings is 4. The van der Waals surface area contributed by atoms with Gasteiger partial charge in [0, 0.05) is 10.8 Å². The third-order valence-electron chi connectivity index (χ3n) is 7.70. The van der Waals surface area contributed by atoms with Crippen molar-refractivity contribution in [3.8, 4) is 11.5 Å². The molecule has 0 bridgehead atoms. The van der Waals surface area contributed by atoms with Gasteiger partial charge >= 0.3 is 11.8 Å². The van der Waals surface area contributed by atoms with Crippen LogP contribution in [0.2, 0.25) is 0 Å². The van der Waals surface area contributed by atoms with Gasteiger partial charge in [0.05, 0.1) is 24.6 Å². The van der Waals surface area contributed by atoms with Crippen molar-refractivity contribution in [1.82, 2.24) is 0 Å². The van der Waals surface area contributed by atoms with Crippen LogP contribution < -0.4 is 20.1 Å². The van der Waals surface area contributed by atoms with Gasteiger partial charge in [0.1, 0.15) is 11.5 Å². The van der Waals surface area contributed by atoms with Gasteiger partial charge in [-0.15, -0.1) is 0 Å². The monoisotopic (exact) mass is 564 g/mol. The number of anilines is 2. The number of carbonyl (C=O) groups is 2. The first kappa shape index (κ1) is 30.4. The van der Waals surface area contributed by atoms with Gasteiger partial charge < -0.3 is 20.1 Å². The van der Waals surface area contributed by atoms with Crippen molar-refractivity contribution in [2.75, 3.05) is 23.8 Å². The molecule has 0 saturated heterocycles. The highest BCUT2D eigenvalue weighted by Crippen LogP contribution is 2.38. The Morgan fingerprint density at radius 1 is 0.548 bits per heavy atom. The summed E-state index contributed by atoms with van der Waals surface area (Å²) in [7, 11) is 0. The molecule has 0 spiro atoms. The van der Waals surface area contributed by atoms with E-state index in [1.807, 2.05) is 86.6 Å². The minimum absolute atomic E-state index is 0.341. The molecule has 0 heterocycles.